The smallest absolute Gasteiger partial charge is 0.127 e. The van der Waals surface area contributed by atoms with E-state index in [4.69, 9.17) is 9.47 Å². The third kappa shape index (κ3) is 4.90. The van der Waals surface area contributed by atoms with Gasteiger partial charge in [0.1, 0.15) is 11.5 Å². The van der Waals surface area contributed by atoms with E-state index in [2.05, 4.69) is 10.2 Å². The zero-order valence-electron chi connectivity index (χ0n) is 14.1. The topological polar surface area (TPSA) is 54.0 Å². The Balaban J connectivity index is 0.00000144. The summed E-state index contributed by atoms with van der Waals surface area (Å²) in [4.78, 5) is 2.56. The van der Waals surface area contributed by atoms with Crippen molar-refractivity contribution in [1.29, 1.82) is 0 Å². The third-order valence-electron chi connectivity index (χ3n) is 4.79. The van der Waals surface area contributed by atoms with Gasteiger partial charge < -0.3 is 19.9 Å². The molecule has 0 amide bonds. The maximum Gasteiger partial charge on any atom is 0.127 e. The van der Waals surface area contributed by atoms with Crippen molar-refractivity contribution in [1.82, 2.24) is 10.2 Å². The molecule has 3 rings (SSSR count). The molecule has 2 N–H and O–H groups in total. The van der Waals surface area contributed by atoms with Crippen LogP contribution in [0.15, 0.2) is 18.2 Å². The molecule has 5 nitrogen and oxygen atoms in total. The second-order valence-corrected chi connectivity index (χ2v) is 6.11. The molecule has 138 valence electrons. The van der Waals surface area contributed by atoms with Crippen LogP contribution in [0.3, 0.4) is 0 Å². The van der Waals surface area contributed by atoms with E-state index in [-0.39, 0.29) is 30.6 Å². The molecule has 0 aliphatic carbocycles. The summed E-state index contributed by atoms with van der Waals surface area (Å²) in [5, 5.41) is 13.2. The molecule has 2 heterocycles. The quantitative estimate of drug-likeness (QED) is 0.843. The minimum Gasteiger partial charge on any atom is -0.508 e. The first-order valence-electron chi connectivity index (χ1n) is 8.19. The minimum atomic E-state index is 0. The van der Waals surface area contributed by atoms with Gasteiger partial charge in [-0.15, -0.1) is 24.8 Å². The van der Waals surface area contributed by atoms with E-state index in [0.717, 1.165) is 58.0 Å². The first kappa shape index (κ1) is 21.3. The van der Waals surface area contributed by atoms with Crippen molar-refractivity contribution in [3.63, 3.8) is 0 Å². The van der Waals surface area contributed by atoms with Gasteiger partial charge in [-0.2, -0.15) is 0 Å². The predicted octanol–water partition coefficient (Wildman–Crippen LogP) is 2.62. The van der Waals surface area contributed by atoms with E-state index in [0.29, 0.717) is 12.0 Å². The van der Waals surface area contributed by atoms with Crippen LogP contribution in [0.5, 0.6) is 11.5 Å². The lowest BCUT2D eigenvalue weighted by atomic mass is 9.85. The Morgan fingerprint density at radius 2 is 1.88 bits per heavy atom. The molecule has 2 aliphatic rings. The Kier molecular flexibility index (Phi) is 9.16. The van der Waals surface area contributed by atoms with Crippen molar-refractivity contribution in [3.8, 4) is 11.5 Å². The third-order valence-corrected chi connectivity index (χ3v) is 4.79. The lowest BCUT2D eigenvalue weighted by Gasteiger charge is -2.41. The van der Waals surface area contributed by atoms with E-state index < -0.39 is 0 Å². The van der Waals surface area contributed by atoms with Crippen LogP contribution in [0.4, 0.5) is 0 Å². The molecule has 1 atom stereocenters. The molecule has 2 saturated heterocycles. The van der Waals surface area contributed by atoms with E-state index in [1.54, 1.807) is 19.2 Å². The van der Waals surface area contributed by atoms with Crippen LogP contribution in [-0.4, -0.2) is 56.5 Å². The highest BCUT2D eigenvalue weighted by atomic mass is 35.5. The SMILES string of the molecule is COc1cc(O)ccc1[C@@H](C1CCOCC1)N1CCNCC1.Cl.Cl. The molecule has 0 aromatic heterocycles. The molecule has 24 heavy (non-hydrogen) atoms. The molecule has 1 aromatic rings. The van der Waals surface area contributed by atoms with Gasteiger partial charge in [0.15, 0.2) is 0 Å². The second-order valence-electron chi connectivity index (χ2n) is 6.11. The molecular formula is C17H28Cl2N2O3. The van der Waals surface area contributed by atoms with Crippen molar-refractivity contribution < 1.29 is 14.6 Å². The highest BCUT2D eigenvalue weighted by Gasteiger charge is 2.33. The molecule has 2 fully saturated rings. The standard InChI is InChI=1S/C17H26N2O3.2ClH/c1-21-16-12-14(20)2-3-15(16)17(13-4-10-22-11-5-13)19-8-6-18-7-9-19;;/h2-3,12-13,17-18,20H,4-11H2,1H3;2*1H/t17-;;/m1../s1. The number of phenols is 1. The zero-order valence-corrected chi connectivity index (χ0v) is 15.7. The van der Waals surface area contributed by atoms with E-state index >= 15 is 0 Å². The summed E-state index contributed by atoms with van der Waals surface area (Å²) in [6, 6.07) is 5.86. The molecule has 0 saturated carbocycles. The fourth-order valence-electron chi connectivity index (χ4n) is 3.68. The number of piperazine rings is 1. The molecule has 7 heteroatoms. The first-order valence-corrected chi connectivity index (χ1v) is 8.19. The Hall–Kier alpha value is -0.720. The summed E-state index contributed by atoms with van der Waals surface area (Å²) in [6.07, 6.45) is 2.16. The normalized spacial score (nSPS) is 20.5. The van der Waals surface area contributed by atoms with E-state index in [1.165, 1.54) is 5.56 Å². The van der Waals surface area contributed by atoms with Crippen LogP contribution in [0, 0.1) is 5.92 Å². The van der Waals surface area contributed by atoms with Crippen LogP contribution in [0.2, 0.25) is 0 Å². The molecule has 1 aromatic carbocycles. The van der Waals surface area contributed by atoms with Crippen molar-refractivity contribution in [2.75, 3.05) is 46.5 Å². The summed E-state index contributed by atoms with van der Waals surface area (Å²) in [5.74, 6) is 1.62. The number of benzene rings is 1. The number of hydrogen-bond acceptors (Lipinski definition) is 5. The van der Waals surface area contributed by atoms with Gasteiger partial charge >= 0.3 is 0 Å². The Morgan fingerprint density at radius 3 is 2.50 bits per heavy atom. The van der Waals surface area contributed by atoms with Crippen molar-refractivity contribution in [2.24, 2.45) is 5.92 Å². The van der Waals surface area contributed by atoms with Gasteiger partial charge in [-0.3, -0.25) is 4.90 Å². The average Bonchev–Trinajstić information content (AvgIpc) is 2.58. The van der Waals surface area contributed by atoms with Crippen molar-refractivity contribution >= 4 is 24.8 Å². The van der Waals surface area contributed by atoms with Crippen LogP contribution >= 0.6 is 24.8 Å². The van der Waals surface area contributed by atoms with Gasteiger partial charge in [-0.1, -0.05) is 6.07 Å². The second kappa shape index (κ2) is 10.3. The Labute approximate surface area is 156 Å². The number of nitrogens with zero attached hydrogens (tertiary/aromatic N) is 1. The van der Waals surface area contributed by atoms with Gasteiger partial charge in [-0.25, -0.2) is 0 Å². The fourth-order valence-corrected chi connectivity index (χ4v) is 3.68. The first-order chi connectivity index (χ1) is 10.8. The molecule has 0 bridgehead atoms. The summed E-state index contributed by atoms with van der Waals surface area (Å²) in [6.45, 7) is 5.83. The maximum atomic E-state index is 9.75. The number of rotatable bonds is 4. The molecule has 2 aliphatic heterocycles. The van der Waals surface area contributed by atoms with Crippen LogP contribution in [-0.2, 0) is 4.74 Å². The average molecular weight is 379 g/mol. The Bertz CT molecular complexity index is 475. The van der Waals surface area contributed by atoms with Gasteiger partial charge in [0.05, 0.1) is 7.11 Å². The lowest BCUT2D eigenvalue weighted by molar-refractivity contribution is 0.0206. The largest absolute Gasteiger partial charge is 0.508 e. The van der Waals surface area contributed by atoms with Crippen LogP contribution < -0.4 is 10.1 Å². The van der Waals surface area contributed by atoms with E-state index in [9.17, 15) is 5.11 Å². The maximum absolute atomic E-state index is 9.75. The van der Waals surface area contributed by atoms with Crippen LogP contribution in [0.25, 0.3) is 0 Å². The molecule has 0 radical (unpaired) electrons. The van der Waals surface area contributed by atoms with Gasteiger partial charge in [0, 0.05) is 57.1 Å². The summed E-state index contributed by atoms with van der Waals surface area (Å²) in [7, 11) is 1.68. The number of ether oxygens (including phenoxy) is 2. The summed E-state index contributed by atoms with van der Waals surface area (Å²) in [5.41, 5.74) is 1.19. The van der Waals surface area contributed by atoms with Crippen molar-refractivity contribution in [3.05, 3.63) is 23.8 Å². The van der Waals surface area contributed by atoms with Gasteiger partial charge in [0.2, 0.25) is 0 Å². The Morgan fingerprint density at radius 1 is 1.21 bits per heavy atom. The van der Waals surface area contributed by atoms with Crippen LogP contribution in [0.1, 0.15) is 24.4 Å². The lowest BCUT2D eigenvalue weighted by Crippen LogP contribution is -2.47. The highest BCUT2D eigenvalue weighted by Crippen LogP contribution is 2.40. The van der Waals surface area contributed by atoms with Crippen molar-refractivity contribution in [2.45, 2.75) is 18.9 Å². The number of hydrogen-bond donors (Lipinski definition) is 2. The monoisotopic (exact) mass is 378 g/mol. The number of methoxy groups -OCH3 is 1. The predicted molar refractivity (Wildman–Crippen MR) is 99.9 cm³/mol. The highest BCUT2D eigenvalue weighted by molar-refractivity contribution is 5.85. The minimum absolute atomic E-state index is 0. The fraction of sp³-hybridized carbons (Fsp3) is 0.647. The zero-order chi connectivity index (χ0) is 15.4. The number of aromatic hydroxyl groups is 1. The molecule has 0 unspecified atom stereocenters. The molecular weight excluding hydrogens is 351 g/mol. The number of phenolic OH excluding ortho intramolecular Hbond substituents is 1. The van der Waals surface area contributed by atoms with Gasteiger partial charge in [-0.05, 0) is 24.8 Å². The summed E-state index contributed by atoms with van der Waals surface area (Å²) >= 11 is 0. The number of nitrogens with one attached hydrogen (secondary N) is 1. The molecule has 0 spiro atoms. The van der Waals surface area contributed by atoms with E-state index in [1.807, 2.05) is 6.07 Å². The van der Waals surface area contributed by atoms with Gasteiger partial charge in [0.25, 0.3) is 0 Å². The number of halogens is 2. The summed E-state index contributed by atoms with van der Waals surface area (Å²) < 4.78 is 11.1.